The van der Waals surface area contributed by atoms with Gasteiger partial charge in [0.15, 0.2) is 11.2 Å². The van der Waals surface area contributed by atoms with E-state index in [1.165, 1.54) is 6.92 Å². The molecule has 35 heavy (non-hydrogen) atoms. The lowest BCUT2D eigenvalue weighted by molar-refractivity contribution is -0.255. The molecule has 1 fully saturated rings. The Morgan fingerprint density at radius 2 is 1.37 bits per heavy atom. The first-order chi connectivity index (χ1) is 16.7. The monoisotopic (exact) mass is 504 g/mol. The molecule has 2 unspecified atom stereocenters. The zero-order valence-electron chi connectivity index (χ0n) is 21.5. The highest BCUT2D eigenvalue weighted by atomic mass is 16.5. The summed E-state index contributed by atoms with van der Waals surface area (Å²) in [7, 11) is 0. The number of rotatable bonds is 19. The summed E-state index contributed by atoms with van der Waals surface area (Å²) in [5.41, 5.74) is -2.44. The molecular formula is C26H48O9. The normalized spacial score (nSPS) is 27.3. The highest BCUT2D eigenvalue weighted by Gasteiger charge is 2.63. The minimum atomic E-state index is -2.44. The Balaban J connectivity index is 3.01. The standard InChI is InChI=1S/C26H48O9/c1-3-4-5-9-12-15-19(28)26(25(33)34,24-23(32)22(31)21(30)18(2)35-24)20(29)16-13-10-7-6-8-11-14-17-27/h18-19,21-24,27-28,30-32H,3-17H2,1-2H3,(H,33,34)/t18-,19?,21-,22+,23+,24+,26?/m0/s1. The quantitative estimate of drug-likeness (QED) is 0.114. The predicted molar refractivity (Wildman–Crippen MR) is 131 cm³/mol. The SMILES string of the molecule is CCCCCCCC(O)C(C(=O)O)(C(=O)CCCCCCCCCO)[C@@H]1O[C@@H](C)[C@H](O)[C@@H](O)[C@H]1O. The molecule has 1 saturated heterocycles. The van der Waals surface area contributed by atoms with Crippen molar-refractivity contribution in [3.63, 3.8) is 0 Å². The van der Waals surface area contributed by atoms with Crippen LogP contribution in [-0.4, -0.2) is 85.6 Å². The molecule has 0 aromatic carbocycles. The number of carboxylic acid groups (broad SMARTS) is 1. The van der Waals surface area contributed by atoms with Gasteiger partial charge in [0.1, 0.15) is 24.4 Å². The van der Waals surface area contributed by atoms with E-state index in [1.807, 2.05) is 0 Å². The van der Waals surface area contributed by atoms with Crippen molar-refractivity contribution in [3.8, 4) is 0 Å². The van der Waals surface area contributed by atoms with Gasteiger partial charge in [-0.25, -0.2) is 0 Å². The van der Waals surface area contributed by atoms with Crippen LogP contribution in [0.15, 0.2) is 0 Å². The Morgan fingerprint density at radius 3 is 1.94 bits per heavy atom. The number of hydrogen-bond acceptors (Lipinski definition) is 8. The molecule has 1 aliphatic rings. The maximum absolute atomic E-state index is 13.5. The van der Waals surface area contributed by atoms with Crippen molar-refractivity contribution in [2.24, 2.45) is 5.41 Å². The van der Waals surface area contributed by atoms with Crippen molar-refractivity contribution in [1.29, 1.82) is 0 Å². The van der Waals surface area contributed by atoms with E-state index >= 15 is 0 Å². The third-order valence-corrected chi connectivity index (χ3v) is 7.28. The van der Waals surface area contributed by atoms with E-state index in [0.29, 0.717) is 19.3 Å². The Bertz CT molecular complexity index is 614. The lowest BCUT2D eigenvalue weighted by atomic mass is 9.66. The lowest BCUT2D eigenvalue weighted by Crippen LogP contribution is -2.68. The molecular weight excluding hydrogens is 456 g/mol. The molecule has 7 atom stereocenters. The van der Waals surface area contributed by atoms with Gasteiger partial charge in [-0.1, -0.05) is 71.1 Å². The molecule has 0 aromatic rings. The number of carbonyl (C=O) groups excluding carboxylic acids is 1. The molecule has 0 bridgehead atoms. The summed E-state index contributed by atoms with van der Waals surface area (Å²) in [6.45, 7) is 3.67. The molecule has 9 heteroatoms. The predicted octanol–water partition coefficient (Wildman–Crippen LogP) is 2.33. The first-order valence-electron chi connectivity index (χ1n) is 13.4. The van der Waals surface area contributed by atoms with E-state index in [4.69, 9.17) is 9.84 Å². The van der Waals surface area contributed by atoms with Gasteiger partial charge < -0.3 is 35.4 Å². The maximum atomic E-state index is 13.5. The molecule has 0 saturated carbocycles. The van der Waals surface area contributed by atoms with Crippen LogP contribution in [0.4, 0.5) is 0 Å². The van der Waals surface area contributed by atoms with E-state index < -0.39 is 53.8 Å². The number of hydrogen-bond donors (Lipinski definition) is 6. The minimum absolute atomic E-state index is 0.0478. The summed E-state index contributed by atoms with van der Waals surface area (Å²) in [5.74, 6) is -2.32. The van der Waals surface area contributed by atoms with E-state index in [-0.39, 0.29) is 19.4 Å². The van der Waals surface area contributed by atoms with Gasteiger partial charge in [0.2, 0.25) is 0 Å². The number of Topliss-reactive ketones (excluding diaryl/α,β-unsaturated/α-hetero) is 1. The maximum Gasteiger partial charge on any atom is 0.322 e. The van der Waals surface area contributed by atoms with Crippen molar-refractivity contribution >= 4 is 11.8 Å². The second-order valence-electron chi connectivity index (χ2n) is 10.00. The highest BCUT2D eigenvalue weighted by Crippen LogP contribution is 2.41. The largest absolute Gasteiger partial charge is 0.480 e. The number of carbonyl (C=O) groups is 2. The summed E-state index contributed by atoms with van der Waals surface area (Å²) in [4.78, 5) is 26.2. The topological polar surface area (TPSA) is 165 Å². The van der Waals surface area contributed by atoms with Crippen molar-refractivity contribution in [3.05, 3.63) is 0 Å². The van der Waals surface area contributed by atoms with Crippen molar-refractivity contribution in [2.45, 2.75) is 140 Å². The minimum Gasteiger partial charge on any atom is -0.480 e. The van der Waals surface area contributed by atoms with Crippen LogP contribution in [0.2, 0.25) is 0 Å². The van der Waals surface area contributed by atoms with Gasteiger partial charge in [-0.2, -0.15) is 0 Å². The smallest absolute Gasteiger partial charge is 0.322 e. The number of carboxylic acids is 1. The highest BCUT2D eigenvalue weighted by molar-refractivity contribution is 6.04. The number of aliphatic hydroxyl groups is 5. The molecule has 0 aromatic heterocycles. The third-order valence-electron chi connectivity index (χ3n) is 7.28. The fraction of sp³-hybridized carbons (Fsp3) is 0.923. The summed E-state index contributed by atoms with van der Waals surface area (Å²) < 4.78 is 5.64. The van der Waals surface area contributed by atoms with Crippen molar-refractivity contribution in [1.82, 2.24) is 0 Å². The van der Waals surface area contributed by atoms with Crippen LogP contribution in [0.25, 0.3) is 0 Å². The van der Waals surface area contributed by atoms with Crippen LogP contribution in [0.3, 0.4) is 0 Å². The van der Waals surface area contributed by atoms with Crippen LogP contribution < -0.4 is 0 Å². The average molecular weight is 505 g/mol. The number of ether oxygens (including phenoxy) is 1. The van der Waals surface area contributed by atoms with Crippen LogP contribution in [0.5, 0.6) is 0 Å². The molecule has 0 amide bonds. The second kappa shape index (κ2) is 16.6. The number of unbranched alkanes of at least 4 members (excludes halogenated alkanes) is 10. The molecule has 6 N–H and O–H groups in total. The number of aliphatic hydroxyl groups excluding tert-OH is 5. The van der Waals surface area contributed by atoms with E-state index in [2.05, 4.69) is 6.92 Å². The molecule has 0 aliphatic carbocycles. The van der Waals surface area contributed by atoms with Gasteiger partial charge in [0, 0.05) is 13.0 Å². The fourth-order valence-corrected chi connectivity index (χ4v) is 5.00. The van der Waals surface area contributed by atoms with Crippen LogP contribution in [0, 0.1) is 5.41 Å². The molecule has 1 rings (SSSR count). The first-order valence-corrected chi connectivity index (χ1v) is 13.4. The van der Waals surface area contributed by atoms with Gasteiger partial charge in [-0.15, -0.1) is 0 Å². The van der Waals surface area contributed by atoms with Crippen molar-refractivity contribution < 1.29 is 45.0 Å². The van der Waals surface area contributed by atoms with Gasteiger partial charge in [0.25, 0.3) is 0 Å². The van der Waals surface area contributed by atoms with Gasteiger partial charge in [-0.3, -0.25) is 9.59 Å². The second-order valence-corrected chi connectivity index (χ2v) is 10.00. The third kappa shape index (κ3) is 8.76. The fourth-order valence-electron chi connectivity index (χ4n) is 5.00. The van der Waals surface area contributed by atoms with Crippen LogP contribution >= 0.6 is 0 Å². The molecule has 0 radical (unpaired) electrons. The number of aliphatic carboxylic acids is 1. The average Bonchev–Trinajstić information content (AvgIpc) is 2.82. The number of ketones is 1. The Labute approximate surface area is 209 Å². The molecule has 206 valence electrons. The molecule has 9 nitrogen and oxygen atoms in total. The zero-order valence-corrected chi connectivity index (χ0v) is 21.5. The van der Waals surface area contributed by atoms with Gasteiger partial charge in [0.05, 0.1) is 12.2 Å². The Hall–Kier alpha value is -1.10. The van der Waals surface area contributed by atoms with Gasteiger partial charge >= 0.3 is 5.97 Å². The Morgan fingerprint density at radius 1 is 0.829 bits per heavy atom. The molecule has 0 spiro atoms. The zero-order chi connectivity index (χ0) is 26.4. The summed E-state index contributed by atoms with van der Waals surface area (Å²) in [6, 6.07) is 0. The summed E-state index contributed by atoms with van der Waals surface area (Å²) >= 11 is 0. The summed E-state index contributed by atoms with van der Waals surface area (Å²) in [6.07, 6.45) is 0.523. The van der Waals surface area contributed by atoms with E-state index in [0.717, 1.165) is 57.8 Å². The lowest BCUT2D eigenvalue weighted by Gasteiger charge is -2.47. The Kier molecular flexibility index (Phi) is 15.1. The van der Waals surface area contributed by atoms with Gasteiger partial charge in [-0.05, 0) is 26.2 Å². The van der Waals surface area contributed by atoms with E-state index in [1.54, 1.807) is 0 Å². The van der Waals surface area contributed by atoms with Crippen LogP contribution in [0.1, 0.15) is 104 Å². The first kappa shape index (κ1) is 31.9. The molecule has 1 heterocycles. The van der Waals surface area contributed by atoms with Crippen molar-refractivity contribution in [2.75, 3.05) is 6.61 Å². The molecule has 1 aliphatic heterocycles. The summed E-state index contributed by atoms with van der Waals surface area (Å²) in [5, 5.41) is 61.3. The van der Waals surface area contributed by atoms with E-state index in [9.17, 15) is 35.1 Å². The van der Waals surface area contributed by atoms with Crippen LogP contribution in [-0.2, 0) is 14.3 Å².